The molecule has 0 spiro atoms. The summed E-state index contributed by atoms with van der Waals surface area (Å²) in [6.07, 6.45) is 0. The van der Waals surface area contributed by atoms with Crippen LogP contribution in [-0.2, 0) is 26.2 Å². The maximum absolute atomic E-state index is 13.8. The molecule has 0 aliphatic rings. The number of aryl methyl sites for hydroxylation is 2. The van der Waals surface area contributed by atoms with Crippen LogP contribution < -0.4 is 9.62 Å². The fourth-order valence-corrected chi connectivity index (χ4v) is 5.31. The van der Waals surface area contributed by atoms with Gasteiger partial charge in [0.05, 0.1) is 10.6 Å². The number of amides is 2. The number of likely N-dealkylation sites (N-methyl/N-ethyl adjacent to an activating group) is 1. The van der Waals surface area contributed by atoms with Crippen molar-refractivity contribution < 1.29 is 18.0 Å². The summed E-state index contributed by atoms with van der Waals surface area (Å²) in [4.78, 5) is 27.9. The first-order valence-corrected chi connectivity index (χ1v) is 13.8. The smallest absolute Gasteiger partial charge is 0.264 e. The van der Waals surface area contributed by atoms with Crippen LogP contribution in [0.15, 0.2) is 77.7 Å². The molecule has 0 aliphatic heterocycles. The number of carbonyl (C=O) groups is 2. The third-order valence-corrected chi connectivity index (χ3v) is 8.03. The van der Waals surface area contributed by atoms with E-state index in [2.05, 4.69) is 5.32 Å². The standard InChI is InChI=1S/C28H32ClN3O4S/c1-5-30-28(34)22(4)31(18-23-10-6-20(2)7-11-23)27(33)19-32(25-14-8-21(3)9-15-25)37(35,36)26-16-12-24(29)13-17-26/h6-17,22H,5,18-19H2,1-4H3,(H,30,34)/t22-/m1/s1. The zero-order valence-corrected chi connectivity index (χ0v) is 23.0. The van der Waals surface area contributed by atoms with Crippen LogP contribution in [0.3, 0.4) is 0 Å². The number of nitrogens with zero attached hydrogens (tertiary/aromatic N) is 2. The second-order valence-corrected chi connectivity index (χ2v) is 11.2. The van der Waals surface area contributed by atoms with Crippen molar-refractivity contribution in [1.82, 2.24) is 10.2 Å². The van der Waals surface area contributed by atoms with Gasteiger partial charge in [0.2, 0.25) is 11.8 Å². The SMILES string of the molecule is CCNC(=O)[C@@H](C)N(Cc1ccc(C)cc1)C(=O)CN(c1ccc(C)cc1)S(=O)(=O)c1ccc(Cl)cc1. The van der Waals surface area contributed by atoms with Crippen LogP contribution in [-0.4, -0.2) is 44.3 Å². The lowest BCUT2D eigenvalue weighted by molar-refractivity contribution is -0.139. The molecule has 1 N–H and O–H groups in total. The van der Waals surface area contributed by atoms with Gasteiger partial charge in [-0.1, -0.05) is 59.1 Å². The maximum Gasteiger partial charge on any atom is 0.264 e. The lowest BCUT2D eigenvalue weighted by atomic mass is 10.1. The number of halogens is 1. The minimum Gasteiger partial charge on any atom is -0.355 e. The van der Waals surface area contributed by atoms with Gasteiger partial charge in [-0.2, -0.15) is 0 Å². The molecule has 3 aromatic carbocycles. The minimum absolute atomic E-state index is 0.00661. The van der Waals surface area contributed by atoms with Gasteiger partial charge in [0.25, 0.3) is 10.0 Å². The Hall–Kier alpha value is -3.36. The Morgan fingerprint density at radius 1 is 0.892 bits per heavy atom. The number of nitrogens with one attached hydrogen (secondary N) is 1. The molecule has 0 heterocycles. The molecule has 0 saturated heterocycles. The van der Waals surface area contributed by atoms with E-state index in [0.29, 0.717) is 17.3 Å². The Balaban J connectivity index is 2.01. The Labute approximate surface area is 224 Å². The van der Waals surface area contributed by atoms with Crippen LogP contribution in [0.2, 0.25) is 5.02 Å². The predicted molar refractivity (Wildman–Crippen MR) is 147 cm³/mol. The number of anilines is 1. The first kappa shape index (κ1) is 28.2. The molecule has 9 heteroatoms. The van der Waals surface area contributed by atoms with Crippen LogP contribution in [0.4, 0.5) is 5.69 Å². The molecule has 0 aromatic heterocycles. The van der Waals surface area contributed by atoms with E-state index in [1.54, 1.807) is 38.1 Å². The number of carbonyl (C=O) groups excluding carboxylic acids is 2. The normalized spacial score (nSPS) is 12.0. The zero-order valence-electron chi connectivity index (χ0n) is 21.4. The maximum atomic E-state index is 13.8. The zero-order chi connectivity index (χ0) is 27.2. The topological polar surface area (TPSA) is 86.8 Å². The summed E-state index contributed by atoms with van der Waals surface area (Å²) >= 11 is 5.97. The summed E-state index contributed by atoms with van der Waals surface area (Å²) in [7, 11) is -4.12. The molecule has 3 rings (SSSR count). The van der Waals surface area contributed by atoms with E-state index in [1.807, 2.05) is 38.1 Å². The highest BCUT2D eigenvalue weighted by Gasteiger charge is 2.32. The number of hydrogen-bond acceptors (Lipinski definition) is 4. The predicted octanol–water partition coefficient (Wildman–Crippen LogP) is 4.71. The van der Waals surface area contributed by atoms with Crippen molar-refractivity contribution >= 4 is 39.1 Å². The van der Waals surface area contributed by atoms with Crippen molar-refractivity contribution in [3.8, 4) is 0 Å². The van der Waals surface area contributed by atoms with E-state index in [-0.39, 0.29) is 17.3 Å². The first-order valence-electron chi connectivity index (χ1n) is 12.0. The van der Waals surface area contributed by atoms with E-state index in [1.165, 1.54) is 29.2 Å². The van der Waals surface area contributed by atoms with Gasteiger partial charge in [-0.15, -0.1) is 0 Å². The molecule has 3 aromatic rings. The summed E-state index contributed by atoms with van der Waals surface area (Å²) in [5.41, 5.74) is 3.19. The monoisotopic (exact) mass is 541 g/mol. The molecule has 7 nitrogen and oxygen atoms in total. The fourth-order valence-electron chi connectivity index (χ4n) is 3.77. The summed E-state index contributed by atoms with van der Waals surface area (Å²) in [5, 5.41) is 3.15. The van der Waals surface area contributed by atoms with Crippen LogP contribution in [0.5, 0.6) is 0 Å². The molecule has 196 valence electrons. The van der Waals surface area contributed by atoms with Gasteiger partial charge < -0.3 is 10.2 Å². The minimum atomic E-state index is -4.12. The van der Waals surface area contributed by atoms with Crippen molar-refractivity contribution in [3.05, 3.63) is 94.5 Å². The van der Waals surface area contributed by atoms with E-state index in [4.69, 9.17) is 11.6 Å². The second kappa shape index (κ2) is 12.3. The quantitative estimate of drug-likeness (QED) is 0.403. The number of benzene rings is 3. The average Bonchev–Trinajstić information content (AvgIpc) is 2.87. The molecule has 0 saturated carbocycles. The van der Waals surface area contributed by atoms with Gasteiger partial charge in [0.15, 0.2) is 0 Å². The average molecular weight is 542 g/mol. The molecule has 0 unspecified atom stereocenters. The molecule has 0 bridgehead atoms. The van der Waals surface area contributed by atoms with Crippen molar-refractivity contribution in [1.29, 1.82) is 0 Å². The second-order valence-electron chi connectivity index (χ2n) is 8.88. The largest absolute Gasteiger partial charge is 0.355 e. The van der Waals surface area contributed by atoms with E-state index in [0.717, 1.165) is 21.0 Å². The molecule has 0 fully saturated rings. The summed E-state index contributed by atoms with van der Waals surface area (Å²) < 4.78 is 28.5. The van der Waals surface area contributed by atoms with Gasteiger partial charge in [0, 0.05) is 18.1 Å². The Morgan fingerprint density at radius 2 is 1.43 bits per heavy atom. The van der Waals surface area contributed by atoms with Gasteiger partial charge in [0.1, 0.15) is 12.6 Å². The van der Waals surface area contributed by atoms with Crippen LogP contribution >= 0.6 is 11.6 Å². The molecule has 2 amide bonds. The van der Waals surface area contributed by atoms with E-state index >= 15 is 0 Å². The Bertz CT molecular complexity index is 1330. The van der Waals surface area contributed by atoms with Crippen LogP contribution in [0.1, 0.15) is 30.5 Å². The third kappa shape index (κ3) is 7.11. The lowest BCUT2D eigenvalue weighted by Crippen LogP contribution is -2.51. The lowest BCUT2D eigenvalue weighted by Gasteiger charge is -2.32. The van der Waals surface area contributed by atoms with E-state index < -0.39 is 28.5 Å². The summed E-state index contributed by atoms with van der Waals surface area (Å²) in [6, 6.07) is 19.5. The highest BCUT2D eigenvalue weighted by atomic mass is 35.5. The first-order chi connectivity index (χ1) is 17.5. The highest BCUT2D eigenvalue weighted by molar-refractivity contribution is 7.92. The summed E-state index contributed by atoms with van der Waals surface area (Å²) in [6.45, 7) is 7.38. The Kier molecular flexibility index (Phi) is 9.34. The molecule has 1 atom stereocenters. The van der Waals surface area contributed by atoms with Crippen molar-refractivity contribution in [2.45, 2.75) is 45.2 Å². The van der Waals surface area contributed by atoms with Crippen LogP contribution in [0.25, 0.3) is 0 Å². The van der Waals surface area contributed by atoms with Crippen molar-refractivity contribution in [3.63, 3.8) is 0 Å². The molecular weight excluding hydrogens is 510 g/mol. The van der Waals surface area contributed by atoms with Crippen molar-refractivity contribution in [2.75, 3.05) is 17.4 Å². The van der Waals surface area contributed by atoms with Gasteiger partial charge in [-0.25, -0.2) is 8.42 Å². The van der Waals surface area contributed by atoms with Gasteiger partial charge >= 0.3 is 0 Å². The highest BCUT2D eigenvalue weighted by Crippen LogP contribution is 2.26. The number of sulfonamides is 1. The van der Waals surface area contributed by atoms with E-state index in [9.17, 15) is 18.0 Å². The van der Waals surface area contributed by atoms with Gasteiger partial charge in [-0.3, -0.25) is 13.9 Å². The Morgan fingerprint density at radius 3 is 1.97 bits per heavy atom. The number of rotatable bonds is 10. The molecule has 37 heavy (non-hydrogen) atoms. The third-order valence-electron chi connectivity index (χ3n) is 5.99. The molecule has 0 radical (unpaired) electrons. The molecular formula is C28H32ClN3O4S. The number of hydrogen-bond donors (Lipinski definition) is 1. The molecule has 0 aliphatic carbocycles. The van der Waals surface area contributed by atoms with Crippen LogP contribution in [0, 0.1) is 13.8 Å². The van der Waals surface area contributed by atoms with Gasteiger partial charge in [-0.05, 0) is 69.7 Å². The van der Waals surface area contributed by atoms with Crippen molar-refractivity contribution in [2.24, 2.45) is 0 Å². The summed E-state index contributed by atoms with van der Waals surface area (Å²) in [5.74, 6) is -0.817. The fraction of sp³-hybridized carbons (Fsp3) is 0.286.